The van der Waals surface area contributed by atoms with E-state index in [0.29, 0.717) is 23.8 Å². The largest absolute Gasteiger partial charge is 0.482 e. The number of ether oxygens (including phenoxy) is 1. The van der Waals surface area contributed by atoms with Gasteiger partial charge >= 0.3 is 5.97 Å². The SMILES string of the molecule is O=C(CN1C(=O)COc2cc(Br)ccc21)NC(CC1CC1)C(=O)O. The summed E-state index contributed by atoms with van der Waals surface area (Å²) in [7, 11) is 0. The lowest BCUT2D eigenvalue weighted by Crippen LogP contribution is -2.49. The third-order valence-corrected chi connectivity index (χ3v) is 4.56. The van der Waals surface area contributed by atoms with Gasteiger partial charge in [-0.1, -0.05) is 28.8 Å². The Hall–Kier alpha value is -2.09. The summed E-state index contributed by atoms with van der Waals surface area (Å²) in [5.41, 5.74) is 0.499. The van der Waals surface area contributed by atoms with Crippen LogP contribution in [0.5, 0.6) is 5.75 Å². The fraction of sp³-hybridized carbons (Fsp3) is 0.438. The molecular weight excluding hydrogens is 380 g/mol. The third-order valence-electron chi connectivity index (χ3n) is 4.07. The van der Waals surface area contributed by atoms with Gasteiger partial charge in [0.1, 0.15) is 18.3 Å². The van der Waals surface area contributed by atoms with Gasteiger partial charge in [0.05, 0.1) is 5.69 Å². The molecule has 2 N–H and O–H groups in total. The Kier molecular flexibility index (Phi) is 4.75. The Morgan fingerprint density at radius 1 is 1.42 bits per heavy atom. The molecule has 128 valence electrons. The summed E-state index contributed by atoms with van der Waals surface area (Å²) in [5, 5.41) is 11.7. The number of benzene rings is 1. The van der Waals surface area contributed by atoms with E-state index in [9.17, 15) is 19.5 Å². The number of hydrogen-bond donors (Lipinski definition) is 2. The minimum atomic E-state index is -1.05. The van der Waals surface area contributed by atoms with Crippen LogP contribution in [-0.4, -0.2) is 42.1 Å². The van der Waals surface area contributed by atoms with Crippen LogP contribution < -0.4 is 15.0 Å². The van der Waals surface area contributed by atoms with Crippen LogP contribution in [-0.2, 0) is 14.4 Å². The molecule has 7 nitrogen and oxygen atoms in total. The van der Waals surface area contributed by atoms with Crippen LogP contribution in [0, 0.1) is 5.92 Å². The number of amides is 2. The van der Waals surface area contributed by atoms with Crippen molar-refractivity contribution in [3.05, 3.63) is 22.7 Å². The lowest BCUT2D eigenvalue weighted by atomic mass is 10.1. The van der Waals surface area contributed by atoms with Crippen LogP contribution in [0.3, 0.4) is 0 Å². The monoisotopic (exact) mass is 396 g/mol. The van der Waals surface area contributed by atoms with E-state index in [-0.39, 0.29) is 19.1 Å². The number of rotatable bonds is 6. The van der Waals surface area contributed by atoms with Crippen molar-refractivity contribution in [1.29, 1.82) is 0 Å². The third kappa shape index (κ3) is 3.87. The first-order valence-corrected chi connectivity index (χ1v) is 8.48. The molecule has 1 aromatic rings. The van der Waals surface area contributed by atoms with E-state index in [1.165, 1.54) is 4.90 Å². The Morgan fingerprint density at radius 3 is 2.83 bits per heavy atom. The molecule has 1 aliphatic carbocycles. The zero-order chi connectivity index (χ0) is 17.3. The average molecular weight is 397 g/mol. The van der Waals surface area contributed by atoms with Gasteiger partial charge < -0.3 is 15.2 Å². The maximum Gasteiger partial charge on any atom is 0.326 e. The number of nitrogens with zero attached hydrogens (tertiary/aromatic N) is 1. The molecule has 0 aromatic heterocycles. The number of carboxylic acids is 1. The quantitative estimate of drug-likeness (QED) is 0.760. The number of carbonyl (C=O) groups is 3. The van der Waals surface area contributed by atoms with Crippen molar-refractivity contribution in [2.45, 2.75) is 25.3 Å². The number of carboxylic acid groups (broad SMARTS) is 1. The zero-order valence-electron chi connectivity index (χ0n) is 12.8. The Labute approximate surface area is 147 Å². The van der Waals surface area contributed by atoms with E-state index in [0.717, 1.165) is 17.3 Å². The van der Waals surface area contributed by atoms with Gasteiger partial charge in [0.25, 0.3) is 5.91 Å². The number of nitrogens with one attached hydrogen (secondary N) is 1. The molecule has 1 unspecified atom stereocenters. The fourth-order valence-corrected chi connectivity index (χ4v) is 2.98. The molecule has 1 aliphatic heterocycles. The maximum atomic E-state index is 12.2. The van der Waals surface area contributed by atoms with E-state index in [4.69, 9.17) is 4.74 Å². The zero-order valence-corrected chi connectivity index (χ0v) is 14.4. The molecule has 1 heterocycles. The first-order valence-electron chi connectivity index (χ1n) is 7.69. The predicted octanol–water partition coefficient (Wildman–Crippen LogP) is 1.54. The number of fused-ring (bicyclic) bond motifs is 1. The highest BCUT2D eigenvalue weighted by Crippen LogP contribution is 2.35. The molecule has 1 saturated carbocycles. The van der Waals surface area contributed by atoms with Gasteiger partial charge in [0.15, 0.2) is 6.61 Å². The summed E-state index contributed by atoms with van der Waals surface area (Å²) in [5.74, 6) is -1.01. The van der Waals surface area contributed by atoms with Crippen molar-refractivity contribution < 1.29 is 24.2 Å². The Balaban J connectivity index is 1.69. The molecule has 1 aromatic carbocycles. The molecule has 1 atom stereocenters. The molecule has 0 saturated heterocycles. The van der Waals surface area contributed by atoms with E-state index < -0.39 is 17.9 Å². The van der Waals surface area contributed by atoms with Gasteiger partial charge in [0.2, 0.25) is 5.91 Å². The van der Waals surface area contributed by atoms with Crippen LogP contribution in [0.25, 0.3) is 0 Å². The summed E-state index contributed by atoms with van der Waals surface area (Å²) >= 11 is 3.33. The summed E-state index contributed by atoms with van der Waals surface area (Å²) in [6.45, 7) is -0.383. The highest BCUT2D eigenvalue weighted by Gasteiger charge is 2.32. The smallest absolute Gasteiger partial charge is 0.326 e. The Morgan fingerprint density at radius 2 is 2.17 bits per heavy atom. The van der Waals surface area contributed by atoms with Crippen LogP contribution in [0.4, 0.5) is 5.69 Å². The van der Waals surface area contributed by atoms with E-state index in [1.807, 2.05) is 0 Å². The average Bonchev–Trinajstić information content (AvgIpc) is 3.33. The van der Waals surface area contributed by atoms with Crippen molar-refractivity contribution in [1.82, 2.24) is 5.32 Å². The summed E-state index contributed by atoms with van der Waals surface area (Å²) < 4.78 is 6.16. The molecule has 0 spiro atoms. The number of anilines is 1. The maximum absolute atomic E-state index is 12.2. The van der Waals surface area contributed by atoms with Crippen molar-refractivity contribution in [3.8, 4) is 5.75 Å². The van der Waals surface area contributed by atoms with Gasteiger partial charge in [-0.05, 0) is 30.5 Å². The minimum absolute atomic E-state index is 0.152. The van der Waals surface area contributed by atoms with Crippen LogP contribution in [0.15, 0.2) is 22.7 Å². The highest BCUT2D eigenvalue weighted by atomic mass is 79.9. The summed E-state index contributed by atoms with van der Waals surface area (Å²) in [4.78, 5) is 36.9. The standard InChI is InChI=1S/C16H17BrN2O5/c17-10-3-4-12-13(6-10)24-8-15(21)19(12)7-14(20)18-11(16(22)23)5-9-1-2-9/h3-4,6,9,11H,1-2,5,7-8H2,(H,18,20)(H,22,23). The topological polar surface area (TPSA) is 95.9 Å². The summed E-state index contributed by atoms with van der Waals surface area (Å²) in [6.07, 6.45) is 2.44. The summed E-state index contributed by atoms with van der Waals surface area (Å²) in [6, 6.07) is 4.24. The number of aliphatic carboxylic acids is 1. The van der Waals surface area contributed by atoms with Crippen molar-refractivity contribution in [3.63, 3.8) is 0 Å². The lowest BCUT2D eigenvalue weighted by Gasteiger charge is -2.29. The van der Waals surface area contributed by atoms with Gasteiger partial charge in [0, 0.05) is 4.47 Å². The molecule has 24 heavy (non-hydrogen) atoms. The van der Waals surface area contributed by atoms with Crippen molar-refractivity contribution in [2.75, 3.05) is 18.1 Å². The lowest BCUT2D eigenvalue weighted by molar-refractivity contribution is -0.142. The van der Waals surface area contributed by atoms with Gasteiger partial charge in [-0.25, -0.2) is 4.79 Å². The van der Waals surface area contributed by atoms with Crippen molar-refractivity contribution in [2.24, 2.45) is 5.92 Å². The van der Waals surface area contributed by atoms with E-state index >= 15 is 0 Å². The minimum Gasteiger partial charge on any atom is -0.482 e. The molecule has 3 rings (SSSR count). The van der Waals surface area contributed by atoms with Gasteiger partial charge in [-0.2, -0.15) is 0 Å². The Bertz CT molecular complexity index is 689. The van der Waals surface area contributed by atoms with E-state index in [1.54, 1.807) is 18.2 Å². The fourth-order valence-electron chi connectivity index (χ4n) is 2.64. The van der Waals surface area contributed by atoms with Crippen LogP contribution in [0.1, 0.15) is 19.3 Å². The molecule has 0 bridgehead atoms. The van der Waals surface area contributed by atoms with Crippen LogP contribution >= 0.6 is 15.9 Å². The second kappa shape index (κ2) is 6.80. The first-order chi connectivity index (χ1) is 11.4. The van der Waals surface area contributed by atoms with Gasteiger partial charge in [-0.3, -0.25) is 14.5 Å². The highest BCUT2D eigenvalue weighted by molar-refractivity contribution is 9.10. The second-order valence-corrected chi connectivity index (χ2v) is 6.93. The molecule has 2 amide bonds. The second-order valence-electron chi connectivity index (χ2n) is 6.02. The van der Waals surface area contributed by atoms with E-state index in [2.05, 4.69) is 21.2 Å². The molecule has 0 radical (unpaired) electrons. The number of hydrogen-bond acceptors (Lipinski definition) is 4. The van der Waals surface area contributed by atoms with Crippen molar-refractivity contribution >= 4 is 39.4 Å². The first kappa shape index (κ1) is 16.8. The molecule has 8 heteroatoms. The number of carbonyl (C=O) groups excluding carboxylic acids is 2. The predicted molar refractivity (Wildman–Crippen MR) is 88.9 cm³/mol. The molecule has 2 aliphatic rings. The molecular formula is C16H17BrN2O5. The normalized spacial score (nSPS) is 17.7. The van der Waals surface area contributed by atoms with Gasteiger partial charge in [-0.15, -0.1) is 0 Å². The number of halogens is 1. The van der Waals surface area contributed by atoms with Crippen LogP contribution in [0.2, 0.25) is 0 Å². The molecule has 1 fully saturated rings.